The van der Waals surface area contributed by atoms with Crippen molar-refractivity contribution in [2.24, 2.45) is 0 Å². The van der Waals surface area contributed by atoms with E-state index in [1.807, 2.05) is 102 Å². The van der Waals surface area contributed by atoms with Gasteiger partial charge < -0.3 is 15.1 Å². The van der Waals surface area contributed by atoms with Crippen LogP contribution in [0.5, 0.6) is 0 Å². The average Bonchev–Trinajstić information content (AvgIpc) is 2.78. The topological polar surface area (TPSA) is 52.7 Å². The first kappa shape index (κ1) is 19.7. The Morgan fingerprint density at radius 3 is 2.03 bits per heavy atom. The molecule has 0 saturated heterocycles. The predicted octanol–water partition coefficient (Wildman–Crippen LogP) is 4.06. The Kier molecular flexibility index (Phi) is 5.80. The quantitative estimate of drug-likeness (QED) is 0.680. The summed E-state index contributed by atoms with van der Waals surface area (Å²) in [4.78, 5) is 29.6. The van der Waals surface area contributed by atoms with Crippen LogP contribution in [0.25, 0.3) is 0 Å². The molecule has 30 heavy (non-hydrogen) atoms. The van der Waals surface area contributed by atoms with Gasteiger partial charge in [-0.2, -0.15) is 0 Å². The number of carbonyl (C=O) groups is 2. The largest absolute Gasteiger partial charge is 0.349 e. The van der Waals surface area contributed by atoms with Crippen molar-refractivity contribution in [3.05, 3.63) is 96.1 Å². The molecule has 1 heterocycles. The van der Waals surface area contributed by atoms with Gasteiger partial charge in [-0.1, -0.05) is 72.8 Å². The van der Waals surface area contributed by atoms with E-state index in [0.717, 1.165) is 22.5 Å². The summed E-state index contributed by atoms with van der Waals surface area (Å²) in [6.07, 6.45) is 0. The second-order valence-corrected chi connectivity index (χ2v) is 7.53. The molecule has 0 radical (unpaired) electrons. The second-order valence-electron chi connectivity index (χ2n) is 7.53. The van der Waals surface area contributed by atoms with Gasteiger partial charge in [-0.25, -0.2) is 0 Å². The van der Waals surface area contributed by atoms with Gasteiger partial charge in [-0.3, -0.25) is 9.59 Å². The first-order valence-electron chi connectivity index (χ1n) is 10.1. The molecule has 152 valence electrons. The first-order valence-corrected chi connectivity index (χ1v) is 10.1. The minimum atomic E-state index is -0.468. The molecule has 0 bridgehead atoms. The zero-order valence-corrected chi connectivity index (χ0v) is 17.0. The van der Waals surface area contributed by atoms with Gasteiger partial charge in [0.2, 0.25) is 11.8 Å². The Morgan fingerprint density at radius 1 is 0.900 bits per heavy atom. The minimum Gasteiger partial charge on any atom is -0.349 e. The predicted molar refractivity (Wildman–Crippen MR) is 119 cm³/mol. The number of nitrogens with one attached hydrogen (secondary N) is 1. The van der Waals surface area contributed by atoms with Gasteiger partial charge in [0.05, 0.1) is 17.9 Å². The normalized spacial score (nSPS) is 13.9. The third kappa shape index (κ3) is 4.35. The lowest BCUT2D eigenvalue weighted by atomic mass is 10.1. The molecular weight excluding hydrogens is 374 g/mol. The Hall–Kier alpha value is -3.60. The molecule has 3 aromatic carbocycles. The zero-order chi connectivity index (χ0) is 20.9. The number of nitrogens with zero attached hydrogens (tertiary/aromatic N) is 2. The summed E-state index contributed by atoms with van der Waals surface area (Å²) in [5.41, 5.74) is 3.76. The van der Waals surface area contributed by atoms with Crippen molar-refractivity contribution in [3.63, 3.8) is 0 Å². The molecule has 0 spiro atoms. The van der Waals surface area contributed by atoms with E-state index in [1.54, 1.807) is 0 Å². The molecule has 1 unspecified atom stereocenters. The molecular formula is C25H25N3O2. The maximum Gasteiger partial charge on any atom is 0.245 e. The number of carbonyl (C=O) groups excluding carboxylic acids is 2. The number of anilines is 2. The van der Waals surface area contributed by atoms with Crippen LogP contribution in [0.2, 0.25) is 0 Å². The maximum atomic E-state index is 13.6. The second kappa shape index (κ2) is 8.82. The highest BCUT2D eigenvalue weighted by atomic mass is 16.2. The number of fused-ring (bicyclic) bond motifs is 1. The molecule has 1 N–H and O–H groups in total. The lowest BCUT2D eigenvalue weighted by Crippen LogP contribution is -2.51. The molecule has 5 nitrogen and oxygen atoms in total. The maximum absolute atomic E-state index is 13.6. The van der Waals surface area contributed by atoms with E-state index < -0.39 is 6.04 Å². The van der Waals surface area contributed by atoms with E-state index in [4.69, 9.17) is 0 Å². The van der Waals surface area contributed by atoms with Gasteiger partial charge >= 0.3 is 0 Å². The van der Waals surface area contributed by atoms with E-state index in [-0.39, 0.29) is 18.4 Å². The van der Waals surface area contributed by atoms with Gasteiger partial charge in [0.25, 0.3) is 0 Å². The number of hydrogen-bond donors (Lipinski definition) is 1. The smallest absolute Gasteiger partial charge is 0.245 e. The standard InChI is InChI=1S/C25H25N3O2/c1-19(28-18-24(29)26-22-14-8-9-15-23(22)28)25(30)27(16-20-10-4-2-5-11-20)17-21-12-6-3-7-13-21/h2-15,19H,16-18H2,1H3,(H,26,29). The number of benzene rings is 3. The summed E-state index contributed by atoms with van der Waals surface area (Å²) < 4.78 is 0. The lowest BCUT2D eigenvalue weighted by Gasteiger charge is -2.37. The van der Waals surface area contributed by atoms with Crippen LogP contribution in [0.3, 0.4) is 0 Å². The summed E-state index contributed by atoms with van der Waals surface area (Å²) in [5, 5.41) is 2.89. The molecule has 1 atom stereocenters. The highest BCUT2D eigenvalue weighted by Crippen LogP contribution is 2.31. The lowest BCUT2D eigenvalue weighted by molar-refractivity contribution is -0.133. The van der Waals surface area contributed by atoms with Gasteiger partial charge in [-0.15, -0.1) is 0 Å². The highest BCUT2D eigenvalue weighted by Gasteiger charge is 2.31. The molecule has 0 saturated carbocycles. The fourth-order valence-corrected chi connectivity index (χ4v) is 3.82. The van der Waals surface area contributed by atoms with Crippen LogP contribution in [0.1, 0.15) is 18.1 Å². The van der Waals surface area contributed by atoms with E-state index in [1.165, 1.54) is 0 Å². The molecule has 1 aliphatic heterocycles. The third-order valence-electron chi connectivity index (χ3n) is 5.37. The van der Waals surface area contributed by atoms with Crippen LogP contribution in [-0.4, -0.2) is 29.3 Å². The van der Waals surface area contributed by atoms with Crippen molar-refractivity contribution in [2.45, 2.75) is 26.1 Å². The summed E-state index contributed by atoms with van der Waals surface area (Å²) in [7, 11) is 0. The monoisotopic (exact) mass is 399 g/mol. The van der Waals surface area contributed by atoms with Gasteiger partial charge in [0.1, 0.15) is 6.04 Å². The Balaban J connectivity index is 1.61. The molecule has 3 aromatic rings. The van der Waals surface area contributed by atoms with Gasteiger partial charge in [-0.05, 0) is 30.2 Å². The van der Waals surface area contributed by atoms with Crippen LogP contribution in [0.4, 0.5) is 11.4 Å². The van der Waals surface area contributed by atoms with Crippen molar-refractivity contribution in [1.29, 1.82) is 0 Å². The third-order valence-corrected chi connectivity index (χ3v) is 5.37. The van der Waals surface area contributed by atoms with Gasteiger partial charge in [0.15, 0.2) is 0 Å². The SMILES string of the molecule is CC(C(=O)N(Cc1ccccc1)Cc1ccccc1)N1CC(=O)Nc2ccccc21. The van der Waals surface area contributed by atoms with Crippen LogP contribution in [0, 0.1) is 0 Å². The van der Waals surface area contributed by atoms with Crippen molar-refractivity contribution < 1.29 is 9.59 Å². The van der Waals surface area contributed by atoms with Crippen molar-refractivity contribution in [2.75, 3.05) is 16.8 Å². The highest BCUT2D eigenvalue weighted by molar-refractivity contribution is 6.03. The van der Waals surface area contributed by atoms with Crippen molar-refractivity contribution in [1.82, 2.24) is 4.90 Å². The average molecular weight is 399 g/mol. The molecule has 5 heteroatoms. The summed E-state index contributed by atoms with van der Waals surface area (Å²) in [5.74, 6) is -0.113. The fourth-order valence-electron chi connectivity index (χ4n) is 3.82. The summed E-state index contributed by atoms with van der Waals surface area (Å²) >= 11 is 0. The van der Waals surface area contributed by atoms with E-state index in [2.05, 4.69) is 5.32 Å². The minimum absolute atomic E-state index is 0.00721. The molecule has 1 aliphatic rings. The van der Waals surface area contributed by atoms with Crippen LogP contribution < -0.4 is 10.2 Å². The molecule has 0 fully saturated rings. The molecule has 0 aromatic heterocycles. The van der Waals surface area contributed by atoms with Crippen LogP contribution in [0.15, 0.2) is 84.9 Å². The Bertz CT molecular complexity index is 979. The van der Waals surface area contributed by atoms with Gasteiger partial charge in [0, 0.05) is 13.1 Å². The molecule has 2 amide bonds. The Labute approximate surface area is 176 Å². The first-order chi connectivity index (χ1) is 14.6. The number of hydrogen-bond acceptors (Lipinski definition) is 3. The Morgan fingerprint density at radius 2 is 1.43 bits per heavy atom. The summed E-state index contributed by atoms with van der Waals surface area (Å²) in [6.45, 7) is 3.07. The number of para-hydroxylation sites is 2. The fraction of sp³-hybridized carbons (Fsp3) is 0.200. The van der Waals surface area contributed by atoms with Crippen LogP contribution in [-0.2, 0) is 22.7 Å². The zero-order valence-electron chi connectivity index (χ0n) is 17.0. The molecule has 0 aliphatic carbocycles. The summed E-state index contributed by atoms with van der Waals surface area (Å²) in [6, 6.07) is 27.1. The van der Waals surface area contributed by atoms with E-state index >= 15 is 0 Å². The van der Waals surface area contributed by atoms with Crippen LogP contribution >= 0.6 is 0 Å². The van der Waals surface area contributed by atoms with E-state index in [9.17, 15) is 9.59 Å². The number of amides is 2. The number of rotatable bonds is 6. The van der Waals surface area contributed by atoms with Crippen molar-refractivity contribution >= 4 is 23.2 Å². The molecule has 4 rings (SSSR count). The van der Waals surface area contributed by atoms with E-state index in [0.29, 0.717) is 13.1 Å². The van der Waals surface area contributed by atoms with Crippen molar-refractivity contribution in [3.8, 4) is 0 Å².